The minimum atomic E-state index is -0.446. The number of carbonyl (C=O) groups is 1. The zero-order valence-corrected chi connectivity index (χ0v) is 13.3. The molecule has 2 aromatic rings. The van der Waals surface area contributed by atoms with Crippen LogP contribution in [-0.2, 0) is 0 Å². The van der Waals surface area contributed by atoms with Gasteiger partial charge in [-0.1, -0.05) is 28.1 Å². The highest BCUT2D eigenvalue weighted by Gasteiger charge is 2.13. The Balaban J connectivity index is 2.12. The first-order chi connectivity index (χ1) is 10.0. The Hall–Kier alpha value is -1.88. The lowest BCUT2D eigenvalue weighted by atomic mass is 10.1. The number of rotatable bonds is 4. The Morgan fingerprint density at radius 3 is 2.67 bits per heavy atom. The van der Waals surface area contributed by atoms with Crippen LogP contribution in [0.25, 0.3) is 0 Å². The second-order valence-corrected chi connectivity index (χ2v) is 5.52. The molecular formula is C16H15BrFNO2. The van der Waals surface area contributed by atoms with E-state index in [9.17, 15) is 9.18 Å². The van der Waals surface area contributed by atoms with Crippen molar-refractivity contribution in [3.63, 3.8) is 0 Å². The summed E-state index contributed by atoms with van der Waals surface area (Å²) in [6, 6.07) is 11.4. The maximum absolute atomic E-state index is 13.7. The number of halogens is 2. The molecule has 0 spiro atoms. The van der Waals surface area contributed by atoms with Crippen molar-refractivity contribution in [2.24, 2.45) is 0 Å². The summed E-state index contributed by atoms with van der Waals surface area (Å²) in [5.74, 6) is -0.470. The van der Waals surface area contributed by atoms with Crippen molar-refractivity contribution >= 4 is 21.8 Å². The largest absolute Gasteiger partial charge is 0.494 e. The average molecular weight is 352 g/mol. The molecule has 2 rings (SSSR count). The Bertz CT molecular complexity index is 660. The lowest BCUT2D eigenvalue weighted by Gasteiger charge is -2.15. The first-order valence-corrected chi connectivity index (χ1v) is 7.20. The van der Waals surface area contributed by atoms with Crippen LogP contribution >= 0.6 is 15.9 Å². The maximum Gasteiger partial charge on any atom is 0.251 e. The second kappa shape index (κ2) is 6.72. The summed E-state index contributed by atoms with van der Waals surface area (Å²) in [5, 5.41) is 2.84. The molecule has 1 amide bonds. The summed E-state index contributed by atoms with van der Waals surface area (Å²) in [4.78, 5) is 12.1. The number of methoxy groups -OCH3 is 1. The van der Waals surface area contributed by atoms with E-state index in [1.54, 1.807) is 37.3 Å². The Labute approximate surface area is 131 Å². The predicted octanol–water partition coefficient (Wildman–Crippen LogP) is 4.09. The molecule has 0 aliphatic heterocycles. The standard InChI is InChI=1S/C16H15BrFNO2/c1-10(11-6-7-15(21-2)14(18)9-11)19-16(20)12-4-3-5-13(17)8-12/h3-10H,1-2H3,(H,19,20)/t10-/m0/s1. The summed E-state index contributed by atoms with van der Waals surface area (Å²) in [5.41, 5.74) is 1.22. The highest BCUT2D eigenvalue weighted by molar-refractivity contribution is 9.10. The van der Waals surface area contributed by atoms with E-state index >= 15 is 0 Å². The molecule has 0 saturated carbocycles. The van der Waals surface area contributed by atoms with Gasteiger partial charge in [-0.3, -0.25) is 4.79 Å². The fourth-order valence-electron chi connectivity index (χ4n) is 1.94. The van der Waals surface area contributed by atoms with Gasteiger partial charge in [0.1, 0.15) is 0 Å². The quantitative estimate of drug-likeness (QED) is 0.900. The fraction of sp³-hybridized carbons (Fsp3) is 0.188. The van der Waals surface area contributed by atoms with Gasteiger partial charge in [-0.25, -0.2) is 4.39 Å². The van der Waals surface area contributed by atoms with Crippen molar-refractivity contribution in [1.29, 1.82) is 0 Å². The summed E-state index contributed by atoms with van der Waals surface area (Å²) >= 11 is 3.32. The number of carbonyl (C=O) groups excluding carboxylic acids is 1. The van der Waals surface area contributed by atoms with Gasteiger partial charge in [0.15, 0.2) is 11.6 Å². The average Bonchev–Trinajstić information content (AvgIpc) is 2.47. The van der Waals surface area contributed by atoms with Crippen LogP contribution in [-0.4, -0.2) is 13.0 Å². The monoisotopic (exact) mass is 351 g/mol. The van der Waals surface area contributed by atoms with Crippen molar-refractivity contribution in [2.75, 3.05) is 7.11 Å². The molecule has 21 heavy (non-hydrogen) atoms. The van der Waals surface area contributed by atoms with Gasteiger partial charge in [-0.05, 0) is 42.8 Å². The summed E-state index contributed by atoms with van der Waals surface area (Å²) < 4.78 is 19.4. The van der Waals surface area contributed by atoms with Crippen LogP contribution in [0.1, 0.15) is 28.9 Å². The molecular weight excluding hydrogens is 337 g/mol. The highest BCUT2D eigenvalue weighted by atomic mass is 79.9. The minimum Gasteiger partial charge on any atom is -0.494 e. The van der Waals surface area contributed by atoms with E-state index in [2.05, 4.69) is 21.2 Å². The molecule has 110 valence electrons. The minimum absolute atomic E-state index is 0.185. The number of hydrogen-bond acceptors (Lipinski definition) is 2. The molecule has 0 aromatic heterocycles. The van der Waals surface area contributed by atoms with Gasteiger partial charge in [0.2, 0.25) is 0 Å². The van der Waals surface area contributed by atoms with Crippen LogP contribution in [0.2, 0.25) is 0 Å². The van der Waals surface area contributed by atoms with E-state index < -0.39 is 5.82 Å². The van der Waals surface area contributed by atoms with Crippen molar-refractivity contribution in [3.05, 3.63) is 63.9 Å². The summed E-state index contributed by atoms with van der Waals surface area (Å²) in [6.07, 6.45) is 0. The molecule has 0 bridgehead atoms. The topological polar surface area (TPSA) is 38.3 Å². The van der Waals surface area contributed by atoms with Gasteiger partial charge in [0.05, 0.1) is 13.2 Å². The number of nitrogens with one attached hydrogen (secondary N) is 1. The third-order valence-corrected chi connectivity index (χ3v) is 3.60. The predicted molar refractivity (Wildman–Crippen MR) is 83.0 cm³/mol. The molecule has 0 aliphatic carbocycles. The molecule has 2 aromatic carbocycles. The SMILES string of the molecule is COc1ccc([C@H](C)NC(=O)c2cccc(Br)c2)cc1F. The molecule has 1 atom stereocenters. The number of ether oxygens (including phenoxy) is 1. The van der Waals surface area contributed by atoms with Gasteiger partial charge in [0, 0.05) is 10.0 Å². The fourth-order valence-corrected chi connectivity index (χ4v) is 2.34. The first kappa shape index (κ1) is 15.5. The maximum atomic E-state index is 13.7. The van der Waals surface area contributed by atoms with Crippen LogP contribution in [0, 0.1) is 5.82 Å². The van der Waals surface area contributed by atoms with Gasteiger partial charge in [-0.15, -0.1) is 0 Å². The molecule has 1 N–H and O–H groups in total. The number of amides is 1. The van der Waals surface area contributed by atoms with Crippen LogP contribution < -0.4 is 10.1 Å². The van der Waals surface area contributed by atoms with Crippen LogP contribution in [0.4, 0.5) is 4.39 Å². The number of hydrogen-bond donors (Lipinski definition) is 1. The van der Waals surface area contributed by atoms with Crippen molar-refractivity contribution < 1.29 is 13.9 Å². The van der Waals surface area contributed by atoms with Crippen molar-refractivity contribution in [1.82, 2.24) is 5.32 Å². The normalized spacial score (nSPS) is 11.8. The van der Waals surface area contributed by atoms with E-state index in [4.69, 9.17) is 4.74 Å². The van der Waals surface area contributed by atoms with E-state index in [-0.39, 0.29) is 17.7 Å². The van der Waals surface area contributed by atoms with Gasteiger partial charge < -0.3 is 10.1 Å². The lowest BCUT2D eigenvalue weighted by Crippen LogP contribution is -2.26. The molecule has 0 aliphatic rings. The molecule has 0 heterocycles. The molecule has 5 heteroatoms. The van der Waals surface area contributed by atoms with E-state index in [0.29, 0.717) is 11.1 Å². The third kappa shape index (κ3) is 3.82. The number of benzene rings is 2. The van der Waals surface area contributed by atoms with Crippen molar-refractivity contribution in [2.45, 2.75) is 13.0 Å². The smallest absolute Gasteiger partial charge is 0.251 e. The van der Waals surface area contributed by atoms with Crippen LogP contribution in [0.3, 0.4) is 0 Å². The molecule has 0 saturated heterocycles. The second-order valence-electron chi connectivity index (χ2n) is 4.60. The Morgan fingerprint density at radius 2 is 2.05 bits per heavy atom. The first-order valence-electron chi connectivity index (χ1n) is 6.41. The zero-order chi connectivity index (χ0) is 15.4. The molecule has 0 unspecified atom stereocenters. The summed E-state index contributed by atoms with van der Waals surface area (Å²) in [7, 11) is 1.41. The molecule has 0 fully saturated rings. The van der Waals surface area contributed by atoms with E-state index in [0.717, 1.165) is 4.47 Å². The van der Waals surface area contributed by atoms with Crippen molar-refractivity contribution in [3.8, 4) is 5.75 Å². The van der Waals surface area contributed by atoms with Gasteiger partial charge in [0.25, 0.3) is 5.91 Å². The van der Waals surface area contributed by atoms with Gasteiger partial charge in [-0.2, -0.15) is 0 Å². The molecule has 0 radical (unpaired) electrons. The lowest BCUT2D eigenvalue weighted by molar-refractivity contribution is 0.0939. The van der Waals surface area contributed by atoms with E-state index in [1.165, 1.54) is 13.2 Å². The Morgan fingerprint density at radius 1 is 1.29 bits per heavy atom. The summed E-state index contributed by atoms with van der Waals surface area (Å²) in [6.45, 7) is 1.80. The van der Waals surface area contributed by atoms with Crippen LogP contribution in [0.5, 0.6) is 5.75 Å². The van der Waals surface area contributed by atoms with Crippen LogP contribution in [0.15, 0.2) is 46.9 Å². The third-order valence-electron chi connectivity index (χ3n) is 3.11. The van der Waals surface area contributed by atoms with Gasteiger partial charge >= 0.3 is 0 Å². The Kier molecular flexibility index (Phi) is 4.96. The zero-order valence-electron chi connectivity index (χ0n) is 11.7. The highest BCUT2D eigenvalue weighted by Crippen LogP contribution is 2.22. The molecule has 3 nitrogen and oxygen atoms in total. The van der Waals surface area contributed by atoms with E-state index in [1.807, 2.05) is 6.07 Å².